The van der Waals surface area contributed by atoms with Gasteiger partial charge in [-0.05, 0) is 48.0 Å². The summed E-state index contributed by atoms with van der Waals surface area (Å²) in [4.78, 5) is 24.1. The van der Waals surface area contributed by atoms with Crippen molar-refractivity contribution in [3.05, 3.63) is 125 Å². The van der Waals surface area contributed by atoms with Gasteiger partial charge in [0.1, 0.15) is 5.75 Å². The molecule has 1 fully saturated rings. The number of piperazine rings is 1. The van der Waals surface area contributed by atoms with Crippen molar-refractivity contribution in [2.45, 2.75) is 25.3 Å². The van der Waals surface area contributed by atoms with Crippen molar-refractivity contribution in [3.63, 3.8) is 0 Å². The number of anilines is 3. The number of carbonyl (C=O) groups excluding carboxylic acids is 1. The molecule has 0 unspecified atom stereocenters. The highest BCUT2D eigenvalue weighted by Gasteiger charge is 2.27. The van der Waals surface area contributed by atoms with Crippen molar-refractivity contribution in [1.82, 2.24) is 19.1 Å². The van der Waals surface area contributed by atoms with Gasteiger partial charge in [0.15, 0.2) is 5.65 Å². The molecule has 4 aromatic carbocycles. The smallest absolute Gasteiger partial charge is 0.256 e. The van der Waals surface area contributed by atoms with Gasteiger partial charge in [0.05, 0.1) is 58.5 Å². The number of rotatable bonds is 12. The Morgan fingerprint density at radius 3 is 2.22 bits per heavy atom. The van der Waals surface area contributed by atoms with Crippen molar-refractivity contribution in [2.75, 3.05) is 61.5 Å². The van der Waals surface area contributed by atoms with Crippen LogP contribution in [0.4, 0.5) is 17.1 Å². The lowest BCUT2D eigenvalue weighted by Gasteiger charge is -2.38. The van der Waals surface area contributed by atoms with Gasteiger partial charge in [-0.2, -0.15) is 9.40 Å². The number of hydrogen-bond donors (Lipinski definition) is 1. The van der Waals surface area contributed by atoms with Gasteiger partial charge in [0.25, 0.3) is 5.91 Å². The lowest BCUT2D eigenvalue weighted by molar-refractivity contribution is 0.102. The summed E-state index contributed by atoms with van der Waals surface area (Å²) in [5, 5.41) is 8.93. The topological polar surface area (TPSA) is 113 Å². The number of methoxy groups -OCH3 is 1. The van der Waals surface area contributed by atoms with Gasteiger partial charge in [-0.3, -0.25) is 4.79 Å². The normalized spacial score (nSPS) is 13.4. The molecule has 0 radical (unpaired) electrons. The summed E-state index contributed by atoms with van der Waals surface area (Å²) in [7, 11) is -2.16. The molecule has 1 saturated heterocycles. The number of ether oxygens (including phenoxy) is 1. The van der Waals surface area contributed by atoms with E-state index in [2.05, 4.69) is 20.2 Å². The molecule has 13 heteroatoms. The number of hydrogen-bond acceptors (Lipinski definition) is 8. The minimum absolute atomic E-state index is 0.107. The Hall–Kier alpha value is -5.43. The lowest BCUT2D eigenvalue weighted by Crippen LogP contribution is -2.47. The van der Waals surface area contributed by atoms with Crippen LogP contribution in [0.15, 0.2) is 114 Å². The molecule has 3 heterocycles. The molecule has 0 spiro atoms. The first kappa shape index (κ1) is 36.9. The van der Waals surface area contributed by atoms with Crippen LogP contribution in [0.5, 0.6) is 5.75 Å². The molecule has 7 rings (SSSR count). The number of nitrogens with zero attached hydrogens (tertiary/aromatic N) is 6. The average molecular weight is 764 g/mol. The Balaban J connectivity index is 1.28. The van der Waals surface area contributed by atoms with Crippen molar-refractivity contribution in [1.29, 1.82) is 0 Å². The maximum Gasteiger partial charge on any atom is 0.256 e. The van der Waals surface area contributed by atoms with Gasteiger partial charge in [-0.15, -0.1) is 0 Å². The molecule has 0 saturated carbocycles. The van der Waals surface area contributed by atoms with E-state index in [1.165, 1.54) is 4.31 Å². The fourth-order valence-corrected chi connectivity index (χ4v) is 8.61. The minimum Gasteiger partial charge on any atom is -0.495 e. The Morgan fingerprint density at radius 2 is 1.52 bits per heavy atom. The number of pyridine rings is 1. The monoisotopic (exact) mass is 763 g/mol. The first-order valence-corrected chi connectivity index (χ1v) is 19.8. The Kier molecular flexibility index (Phi) is 10.9. The van der Waals surface area contributed by atoms with E-state index in [1.807, 2.05) is 92.7 Å². The molecule has 1 N–H and O–H groups in total. The largest absolute Gasteiger partial charge is 0.495 e. The quantitative estimate of drug-likeness (QED) is 0.137. The van der Waals surface area contributed by atoms with Crippen LogP contribution in [0.25, 0.3) is 22.3 Å². The van der Waals surface area contributed by atoms with E-state index < -0.39 is 15.9 Å². The number of carbonyl (C=O) groups is 1. The predicted octanol–water partition coefficient (Wildman–Crippen LogP) is 7.42. The van der Waals surface area contributed by atoms with Crippen LogP contribution in [0.3, 0.4) is 0 Å². The van der Waals surface area contributed by atoms with Gasteiger partial charge in [0.2, 0.25) is 10.0 Å². The first-order chi connectivity index (χ1) is 26.2. The fourth-order valence-electron chi connectivity index (χ4n) is 6.93. The summed E-state index contributed by atoms with van der Waals surface area (Å²) in [5.74, 6) is 0.391. The number of benzene rings is 4. The van der Waals surface area contributed by atoms with Gasteiger partial charge in [-0.1, -0.05) is 86.1 Å². The average Bonchev–Trinajstić information content (AvgIpc) is 3.61. The summed E-state index contributed by atoms with van der Waals surface area (Å²) in [6, 6.07) is 31.9. The maximum atomic E-state index is 14.6. The molecule has 1 aliphatic heterocycles. The first-order valence-electron chi connectivity index (χ1n) is 18.0. The molecule has 0 aliphatic carbocycles. The van der Waals surface area contributed by atoms with E-state index in [4.69, 9.17) is 21.3 Å². The van der Waals surface area contributed by atoms with Gasteiger partial charge < -0.3 is 19.9 Å². The standard InChI is InChI=1S/C41H42ClN7O4S/c1-4-48(5-2)54(51,52)31-19-20-37(46-21-23-47(24-22-46)38-17-11-12-18-39(38)53-3)36(25-31)45-41(50)32-26-35(29-13-7-6-8-14-29)44-40-33(32)27-43-49(40)28-30-15-9-10-16-34(30)42/h6-20,25-27H,4-5,21-24,28H2,1-3H3,(H,45,50). The summed E-state index contributed by atoms with van der Waals surface area (Å²) in [6.45, 7) is 7.28. The number of halogens is 1. The third-order valence-electron chi connectivity index (χ3n) is 9.81. The Labute approximate surface area is 320 Å². The molecule has 278 valence electrons. The summed E-state index contributed by atoms with van der Waals surface area (Å²) >= 11 is 6.52. The number of aromatic nitrogens is 3. The van der Waals surface area contributed by atoms with E-state index >= 15 is 0 Å². The maximum absolute atomic E-state index is 14.6. The molecule has 6 aromatic rings. The van der Waals surface area contributed by atoms with E-state index in [-0.39, 0.29) is 4.90 Å². The minimum atomic E-state index is -3.82. The Morgan fingerprint density at radius 1 is 0.852 bits per heavy atom. The Bertz CT molecular complexity index is 2390. The van der Waals surface area contributed by atoms with Crippen LogP contribution in [0, 0.1) is 0 Å². The second-order valence-corrected chi connectivity index (χ2v) is 15.3. The number of sulfonamides is 1. The van der Waals surface area contributed by atoms with Crippen LogP contribution in [-0.2, 0) is 16.6 Å². The number of fused-ring (bicyclic) bond motifs is 1. The van der Waals surface area contributed by atoms with Gasteiger partial charge in [0, 0.05) is 49.9 Å². The highest BCUT2D eigenvalue weighted by Crippen LogP contribution is 2.35. The summed E-state index contributed by atoms with van der Waals surface area (Å²) in [6.07, 6.45) is 1.64. The molecule has 11 nitrogen and oxygen atoms in total. The van der Waals surface area contributed by atoms with Crippen LogP contribution < -0.4 is 19.9 Å². The molecule has 2 aromatic heterocycles. The van der Waals surface area contributed by atoms with Crippen molar-refractivity contribution < 1.29 is 17.9 Å². The zero-order valence-corrected chi connectivity index (χ0v) is 32.0. The zero-order chi connectivity index (χ0) is 37.8. The molecule has 1 amide bonds. The van der Waals surface area contributed by atoms with Gasteiger partial charge >= 0.3 is 0 Å². The van der Waals surface area contributed by atoms with Crippen molar-refractivity contribution >= 4 is 55.6 Å². The van der Waals surface area contributed by atoms with Crippen LogP contribution >= 0.6 is 11.6 Å². The zero-order valence-electron chi connectivity index (χ0n) is 30.4. The molecule has 0 bridgehead atoms. The van der Waals surface area contributed by atoms with E-state index in [1.54, 1.807) is 42.3 Å². The fraction of sp³-hybridized carbons (Fsp3) is 0.244. The highest BCUT2D eigenvalue weighted by atomic mass is 35.5. The molecular formula is C41H42ClN7O4S. The lowest BCUT2D eigenvalue weighted by atomic mass is 10.1. The highest BCUT2D eigenvalue weighted by molar-refractivity contribution is 7.89. The third-order valence-corrected chi connectivity index (χ3v) is 12.2. The summed E-state index contributed by atoms with van der Waals surface area (Å²) in [5.41, 5.74) is 5.31. The molecular weight excluding hydrogens is 722 g/mol. The van der Waals surface area contributed by atoms with Crippen LogP contribution in [0.2, 0.25) is 5.02 Å². The molecule has 54 heavy (non-hydrogen) atoms. The number of nitrogens with one attached hydrogen (secondary N) is 1. The van der Waals surface area contributed by atoms with Crippen molar-refractivity contribution in [2.24, 2.45) is 0 Å². The second kappa shape index (κ2) is 15.9. The predicted molar refractivity (Wildman–Crippen MR) is 215 cm³/mol. The third kappa shape index (κ3) is 7.37. The van der Waals surface area contributed by atoms with E-state index in [9.17, 15) is 13.2 Å². The van der Waals surface area contributed by atoms with Crippen molar-refractivity contribution in [3.8, 4) is 17.0 Å². The number of amides is 1. The summed E-state index contributed by atoms with van der Waals surface area (Å²) < 4.78 is 36.3. The molecule has 0 atom stereocenters. The van der Waals surface area contributed by atoms with Crippen LogP contribution in [-0.4, -0.2) is 79.8 Å². The molecule has 1 aliphatic rings. The van der Waals surface area contributed by atoms with Gasteiger partial charge in [-0.25, -0.2) is 18.1 Å². The second-order valence-electron chi connectivity index (χ2n) is 12.9. The van der Waals surface area contributed by atoms with Crippen LogP contribution in [0.1, 0.15) is 29.8 Å². The van der Waals surface area contributed by atoms with E-state index in [0.29, 0.717) is 78.8 Å². The van der Waals surface area contributed by atoms with E-state index in [0.717, 1.165) is 28.3 Å². The number of para-hydroxylation sites is 2. The SMILES string of the molecule is CCN(CC)S(=O)(=O)c1ccc(N2CCN(c3ccccc3OC)CC2)c(NC(=O)c2cc(-c3ccccc3)nc3c2cnn3Cc2ccccc2Cl)c1.